The number of nitrogens with zero attached hydrogens (tertiary/aromatic N) is 3. The third kappa shape index (κ3) is 2.70. The van der Waals surface area contributed by atoms with Crippen LogP contribution in [0.1, 0.15) is 19.3 Å². The number of aromatic nitrogens is 1. The van der Waals surface area contributed by atoms with E-state index in [9.17, 15) is 4.79 Å². The molecule has 2 aliphatic carbocycles. The second-order valence-corrected chi connectivity index (χ2v) is 8.47. The predicted molar refractivity (Wildman–Crippen MR) is 108 cm³/mol. The average molecular weight is 365 g/mol. The molecule has 3 aliphatic rings. The Kier molecular flexibility index (Phi) is 3.88. The van der Waals surface area contributed by atoms with E-state index in [4.69, 9.17) is 5.73 Å². The first-order valence-corrected chi connectivity index (χ1v) is 9.95. The van der Waals surface area contributed by atoms with Gasteiger partial charge in [0.25, 0.3) is 0 Å². The van der Waals surface area contributed by atoms with Crippen molar-refractivity contribution < 1.29 is 4.79 Å². The van der Waals surface area contributed by atoms with Gasteiger partial charge in [-0.15, -0.1) is 0 Å². The number of hydrogen-bond donors (Lipinski definition) is 2. The number of amides is 1. The first-order valence-electron chi connectivity index (χ1n) is 9.95. The molecule has 6 nitrogen and oxygen atoms in total. The zero-order valence-electron chi connectivity index (χ0n) is 15.8. The van der Waals surface area contributed by atoms with Gasteiger partial charge in [-0.05, 0) is 49.9 Å². The Hall–Kier alpha value is -2.18. The molecule has 142 valence electrons. The van der Waals surface area contributed by atoms with Gasteiger partial charge in [0.1, 0.15) is 0 Å². The van der Waals surface area contributed by atoms with E-state index in [1.165, 1.54) is 5.69 Å². The first kappa shape index (κ1) is 17.0. The van der Waals surface area contributed by atoms with E-state index in [0.717, 1.165) is 61.9 Å². The maximum Gasteiger partial charge on any atom is 0.228 e. The molecule has 3 atom stereocenters. The Morgan fingerprint density at radius 1 is 1.22 bits per heavy atom. The minimum atomic E-state index is 0.0743. The number of likely N-dealkylation sites (N-methyl/N-ethyl adjacent to an activating group) is 1. The Labute approximate surface area is 159 Å². The fraction of sp³-hybridized carbons (Fsp3) is 0.524. The molecule has 3 unspecified atom stereocenters. The second kappa shape index (κ2) is 6.17. The number of nitrogens with two attached hydrogens (primary N) is 1. The lowest BCUT2D eigenvalue weighted by atomic mass is 9.75. The summed E-state index contributed by atoms with van der Waals surface area (Å²) < 4.78 is 0. The lowest BCUT2D eigenvalue weighted by Gasteiger charge is -2.35. The number of nitrogens with one attached hydrogen (secondary N) is 1. The predicted octanol–water partition coefficient (Wildman–Crippen LogP) is 2.05. The second-order valence-electron chi connectivity index (χ2n) is 8.47. The third-order valence-corrected chi connectivity index (χ3v) is 6.99. The van der Waals surface area contributed by atoms with Crippen molar-refractivity contribution in [3.05, 3.63) is 30.6 Å². The molecule has 1 spiro atoms. The molecule has 1 aromatic carbocycles. The Morgan fingerprint density at radius 2 is 2.04 bits per heavy atom. The highest BCUT2D eigenvalue weighted by molar-refractivity contribution is 6.07. The number of rotatable bonds is 3. The summed E-state index contributed by atoms with van der Waals surface area (Å²) in [6.07, 6.45) is 6.78. The quantitative estimate of drug-likeness (QED) is 0.871. The number of piperazine rings is 1. The van der Waals surface area contributed by atoms with Crippen LogP contribution in [-0.4, -0.2) is 55.1 Å². The number of carbonyl (C=O) groups excluding carboxylic acids is 1. The first-order chi connectivity index (χ1) is 13.1. The average Bonchev–Trinajstić information content (AvgIpc) is 3.47. The van der Waals surface area contributed by atoms with Gasteiger partial charge in [-0.1, -0.05) is 0 Å². The van der Waals surface area contributed by atoms with Crippen LogP contribution in [-0.2, 0) is 4.79 Å². The van der Waals surface area contributed by atoms with E-state index in [-0.39, 0.29) is 23.3 Å². The molecule has 2 heterocycles. The fourth-order valence-corrected chi connectivity index (χ4v) is 4.87. The van der Waals surface area contributed by atoms with Crippen molar-refractivity contribution >= 4 is 28.1 Å². The molecule has 3 N–H and O–H groups in total. The minimum absolute atomic E-state index is 0.0743. The van der Waals surface area contributed by atoms with Crippen LogP contribution in [0, 0.1) is 11.3 Å². The van der Waals surface area contributed by atoms with Gasteiger partial charge in [0.2, 0.25) is 5.91 Å². The lowest BCUT2D eigenvalue weighted by molar-refractivity contribution is -0.118. The number of anilines is 2. The minimum Gasteiger partial charge on any atom is -0.368 e. The lowest BCUT2D eigenvalue weighted by Crippen LogP contribution is -2.44. The molecule has 1 amide bonds. The van der Waals surface area contributed by atoms with E-state index < -0.39 is 0 Å². The molecule has 3 fully saturated rings. The zero-order valence-corrected chi connectivity index (χ0v) is 15.8. The summed E-state index contributed by atoms with van der Waals surface area (Å²) in [5.74, 6) is 0.188. The molecular formula is C21H27N5O. The standard InChI is InChI=1S/C21H27N5O/c1-25-8-10-26(11-9-25)18-3-2-17(15-13-23-7-5-14(15)18)24-20(27)16-12-21(16)6-4-19(21)22/h2-3,5,7,13,16,19H,4,6,8-12,22H2,1H3,(H,24,27). The van der Waals surface area contributed by atoms with Crippen LogP contribution in [0.3, 0.4) is 0 Å². The van der Waals surface area contributed by atoms with E-state index >= 15 is 0 Å². The fourth-order valence-electron chi connectivity index (χ4n) is 4.87. The van der Waals surface area contributed by atoms with Crippen LogP contribution in [0.2, 0.25) is 0 Å². The molecule has 1 aliphatic heterocycles. The van der Waals surface area contributed by atoms with E-state index in [1.54, 1.807) is 0 Å². The van der Waals surface area contributed by atoms with Gasteiger partial charge in [-0.2, -0.15) is 0 Å². The molecule has 2 aromatic rings. The van der Waals surface area contributed by atoms with Crippen molar-refractivity contribution in [2.45, 2.75) is 25.3 Å². The summed E-state index contributed by atoms with van der Waals surface area (Å²) in [5, 5.41) is 5.33. The molecule has 5 rings (SSSR count). The number of hydrogen-bond acceptors (Lipinski definition) is 5. The SMILES string of the molecule is CN1CCN(c2ccc(NC(=O)C3CC34CCC4N)c3cnccc23)CC1. The Morgan fingerprint density at radius 3 is 2.70 bits per heavy atom. The maximum absolute atomic E-state index is 12.8. The molecule has 1 aromatic heterocycles. The Balaban J connectivity index is 1.41. The zero-order chi connectivity index (χ0) is 18.6. The molecule has 2 saturated carbocycles. The number of benzene rings is 1. The summed E-state index contributed by atoms with van der Waals surface area (Å²) in [7, 11) is 2.16. The summed E-state index contributed by atoms with van der Waals surface area (Å²) >= 11 is 0. The summed E-state index contributed by atoms with van der Waals surface area (Å²) in [6.45, 7) is 4.16. The van der Waals surface area contributed by atoms with Crippen molar-refractivity contribution in [2.24, 2.45) is 17.1 Å². The van der Waals surface area contributed by atoms with Crippen LogP contribution in [0.5, 0.6) is 0 Å². The highest BCUT2D eigenvalue weighted by atomic mass is 16.2. The number of carbonyl (C=O) groups is 1. The normalized spacial score (nSPS) is 30.4. The maximum atomic E-state index is 12.8. The summed E-state index contributed by atoms with van der Waals surface area (Å²) in [4.78, 5) is 21.9. The molecule has 1 saturated heterocycles. The molecule has 0 bridgehead atoms. The van der Waals surface area contributed by atoms with E-state index in [1.807, 2.05) is 18.5 Å². The highest BCUT2D eigenvalue weighted by Crippen LogP contribution is 2.64. The van der Waals surface area contributed by atoms with Gasteiger partial charge < -0.3 is 20.9 Å². The van der Waals surface area contributed by atoms with Crippen LogP contribution in [0.25, 0.3) is 10.8 Å². The topological polar surface area (TPSA) is 74.5 Å². The van der Waals surface area contributed by atoms with Crippen LogP contribution < -0.4 is 16.0 Å². The smallest absolute Gasteiger partial charge is 0.228 e. The largest absolute Gasteiger partial charge is 0.368 e. The van der Waals surface area contributed by atoms with Crippen LogP contribution >= 0.6 is 0 Å². The Bertz CT molecular complexity index is 891. The van der Waals surface area contributed by atoms with Crippen molar-refractivity contribution in [3.8, 4) is 0 Å². The van der Waals surface area contributed by atoms with Crippen molar-refractivity contribution in [1.82, 2.24) is 9.88 Å². The van der Waals surface area contributed by atoms with Gasteiger partial charge in [-0.25, -0.2) is 0 Å². The van der Waals surface area contributed by atoms with Crippen LogP contribution in [0.15, 0.2) is 30.6 Å². The summed E-state index contributed by atoms with van der Waals surface area (Å²) in [6, 6.07) is 6.43. The van der Waals surface area contributed by atoms with Gasteiger partial charge in [0, 0.05) is 67.0 Å². The van der Waals surface area contributed by atoms with Gasteiger partial charge in [0.05, 0.1) is 5.69 Å². The van der Waals surface area contributed by atoms with Crippen molar-refractivity contribution in [2.75, 3.05) is 43.4 Å². The van der Waals surface area contributed by atoms with E-state index in [0.29, 0.717) is 0 Å². The van der Waals surface area contributed by atoms with Crippen molar-refractivity contribution in [1.29, 1.82) is 0 Å². The molecule has 0 radical (unpaired) electrons. The van der Waals surface area contributed by atoms with Gasteiger partial charge in [-0.3, -0.25) is 9.78 Å². The number of fused-ring (bicyclic) bond motifs is 1. The molecular weight excluding hydrogens is 338 g/mol. The van der Waals surface area contributed by atoms with Crippen molar-refractivity contribution in [3.63, 3.8) is 0 Å². The number of pyridine rings is 1. The van der Waals surface area contributed by atoms with Gasteiger partial charge >= 0.3 is 0 Å². The molecule has 6 heteroatoms. The highest BCUT2D eigenvalue weighted by Gasteiger charge is 2.65. The van der Waals surface area contributed by atoms with E-state index in [2.05, 4.69) is 39.3 Å². The summed E-state index contributed by atoms with van der Waals surface area (Å²) in [5.41, 5.74) is 8.32. The van der Waals surface area contributed by atoms with Gasteiger partial charge in [0.15, 0.2) is 0 Å². The van der Waals surface area contributed by atoms with Crippen LogP contribution in [0.4, 0.5) is 11.4 Å². The monoisotopic (exact) mass is 365 g/mol. The molecule has 27 heavy (non-hydrogen) atoms. The third-order valence-electron chi connectivity index (χ3n) is 6.99.